The molecule has 2 nitrogen and oxygen atoms in total. The Bertz CT molecular complexity index is 1230. The maximum absolute atomic E-state index is 15.1. The number of epoxide rings is 1. The summed E-state index contributed by atoms with van der Waals surface area (Å²) in [5, 5.41) is 0. The fraction of sp³-hybridized carbons (Fsp3) is 0.310. The van der Waals surface area contributed by atoms with Gasteiger partial charge in [0.25, 0.3) is 0 Å². The van der Waals surface area contributed by atoms with Gasteiger partial charge in [0, 0.05) is 22.6 Å². The lowest BCUT2D eigenvalue weighted by molar-refractivity contribution is -0.000881. The third-order valence-electron chi connectivity index (χ3n) is 6.91. The second-order valence-corrected chi connectivity index (χ2v) is 9.16. The molecule has 0 saturated carbocycles. The molecule has 5 rings (SSSR count). The molecule has 182 valence electrons. The highest BCUT2D eigenvalue weighted by Gasteiger charge is 2.30. The van der Waals surface area contributed by atoms with Gasteiger partial charge in [-0.3, -0.25) is 0 Å². The summed E-state index contributed by atoms with van der Waals surface area (Å²) in [7, 11) is 0. The van der Waals surface area contributed by atoms with Gasteiger partial charge in [-0.1, -0.05) is 54.6 Å². The van der Waals surface area contributed by atoms with Gasteiger partial charge in [-0.15, -0.1) is 6.58 Å². The molecule has 3 aromatic carbocycles. The molecular weight excluding hydrogens is 456 g/mol. The van der Waals surface area contributed by atoms with Crippen molar-refractivity contribution in [2.75, 3.05) is 13.2 Å². The number of hydrogen-bond donors (Lipinski definition) is 0. The Balaban J connectivity index is 1.34. The molecule has 0 radical (unpaired) electrons. The van der Waals surface area contributed by atoms with Crippen LogP contribution in [0.15, 0.2) is 61.2 Å². The molecule has 3 atom stereocenters. The molecule has 2 aliphatic rings. The molecule has 2 fully saturated rings. The fourth-order valence-corrected chi connectivity index (χ4v) is 4.78. The number of rotatable bonds is 7. The van der Waals surface area contributed by atoms with Gasteiger partial charge < -0.3 is 9.47 Å². The van der Waals surface area contributed by atoms with Crippen LogP contribution in [-0.4, -0.2) is 19.3 Å². The first-order chi connectivity index (χ1) is 17.0. The molecular formula is C29H26F4O2. The third kappa shape index (κ3) is 4.78. The highest BCUT2D eigenvalue weighted by molar-refractivity contribution is 5.71. The average molecular weight is 483 g/mol. The van der Waals surface area contributed by atoms with Crippen molar-refractivity contribution in [3.8, 4) is 22.3 Å². The molecule has 0 aliphatic carbocycles. The molecule has 0 spiro atoms. The summed E-state index contributed by atoms with van der Waals surface area (Å²) >= 11 is 0. The molecule has 3 aromatic rings. The lowest BCUT2D eigenvalue weighted by atomic mass is 9.88. The molecule has 2 saturated heterocycles. The summed E-state index contributed by atoms with van der Waals surface area (Å²) in [6.45, 7) is 4.46. The largest absolute Gasteiger partial charge is 0.378 e. The van der Waals surface area contributed by atoms with Gasteiger partial charge in [0.1, 0.15) is 6.10 Å². The van der Waals surface area contributed by atoms with Crippen molar-refractivity contribution in [1.29, 1.82) is 0 Å². The summed E-state index contributed by atoms with van der Waals surface area (Å²) in [6.07, 6.45) is 4.89. The maximum atomic E-state index is 15.1. The average Bonchev–Trinajstić information content (AvgIpc) is 3.72. The van der Waals surface area contributed by atoms with E-state index < -0.39 is 23.3 Å². The quantitative estimate of drug-likeness (QED) is 0.194. The van der Waals surface area contributed by atoms with E-state index in [1.54, 1.807) is 36.4 Å². The Labute approximate surface area is 202 Å². The van der Waals surface area contributed by atoms with Crippen molar-refractivity contribution in [3.05, 3.63) is 95.6 Å². The summed E-state index contributed by atoms with van der Waals surface area (Å²) in [5.41, 5.74) is 1.63. The van der Waals surface area contributed by atoms with Crippen LogP contribution in [-0.2, 0) is 9.47 Å². The Kier molecular flexibility index (Phi) is 6.76. The van der Waals surface area contributed by atoms with Crippen molar-refractivity contribution in [3.63, 3.8) is 0 Å². The van der Waals surface area contributed by atoms with Crippen LogP contribution in [0, 0.1) is 23.3 Å². The molecule has 0 aromatic heterocycles. The number of halogens is 4. The van der Waals surface area contributed by atoms with E-state index >= 15 is 8.78 Å². The van der Waals surface area contributed by atoms with E-state index in [4.69, 9.17) is 9.47 Å². The minimum Gasteiger partial charge on any atom is -0.378 e. The van der Waals surface area contributed by atoms with Crippen LogP contribution in [0.1, 0.15) is 48.8 Å². The van der Waals surface area contributed by atoms with Gasteiger partial charge in [-0.05, 0) is 42.4 Å². The molecule has 35 heavy (non-hydrogen) atoms. The van der Waals surface area contributed by atoms with E-state index in [0.717, 1.165) is 25.7 Å². The summed E-state index contributed by atoms with van der Waals surface area (Å²) < 4.78 is 70.0. The van der Waals surface area contributed by atoms with Gasteiger partial charge in [0.2, 0.25) is 0 Å². The van der Waals surface area contributed by atoms with Crippen molar-refractivity contribution in [2.24, 2.45) is 0 Å². The third-order valence-corrected chi connectivity index (χ3v) is 6.91. The number of allylic oxidation sites excluding steroid dienone is 1. The SMILES string of the molecule is C=CCCC1CCC(c2ccc(-c3ccc(-c4ccc(C5CO5)c(F)c4F)cc3)c(F)c2F)CO1. The van der Waals surface area contributed by atoms with Gasteiger partial charge in [0.05, 0.1) is 19.3 Å². The molecule has 0 amide bonds. The van der Waals surface area contributed by atoms with Gasteiger partial charge >= 0.3 is 0 Å². The summed E-state index contributed by atoms with van der Waals surface area (Å²) in [4.78, 5) is 0. The highest BCUT2D eigenvalue weighted by atomic mass is 19.2. The van der Waals surface area contributed by atoms with Crippen molar-refractivity contribution in [2.45, 2.75) is 43.8 Å². The van der Waals surface area contributed by atoms with E-state index in [0.29, 0.717) is 29.9 Å². The Morgan fingerprint density at radius 1 is 0.714 bits per heavy atom. The van der Waals surface area contributed by atoms with Crippen LogP contribution in [0.2, 0.25) is 0 Å². The minimum atomic E-state index is -0.950. The first-order valence-electron chi connectivity index (χ1n) is 11.9. The van der Waals surface area contributed by atoms with Crippen LogP contribution in [0.4, 0.5) is 17.6 Å². The maximum Gasteiger partial charge on any atom is 0.167 e. The van der Waals surface area contributed by atoms with Gasteiger partial charge in [-0.2, -0.15) is 0 Å². The second kappa shape index (κ2) is 9.96. The van der Waals surface area contributed by atoms with Crippen LogP contribution in [0.5, 0.6) is 0 Å². The normalized spacial score (nSPS) is 21.7. The van der Waals surface area contributed by atoms with Crippen LogP contribution in [0.3, 0.4) is 0 Å². The smallest absolute Gasteiger partial charge is 0.167 e. The molecule has 3 unspecified atom stereocenters. The van der Waals surface area contributed by atoms with Crippen LogP contribution >= 0.6 is 0 Å². The lowest BCUT2D eigenvalue weighted by Gasteiger charge is -2.29. The summed E-state index contributed by atoms with van der Waals surface area (Å²) in [6, 6.07) is 12.5. The predicted molar refractivity (Wildman–Crippen MR) is 127 cm³/mol. The van der Waals surface area contributed by atoms with E-state index in [2.05, 4.69) is 6.58 Å². The predicted octanol–water partition coefficient (Wildman–Crippen LogP) is 7.88. The number of ether oxygens (including phenoxy) is 2. The zero-order valence-electron chi connectivity index (χ0n) is 19.2. The van der Waals surface area contributed by atoms with Crippen molar-refractivity contribution in [1.82, 2.24) is 0 Å². The monoisotopic (exact) mass is 482 g/mol. The molecule has 2 heterocycles. The first kappa shape index (κ1) is 23.8. The topological polar surface area (TPSA) is 21.8 Å². The standard InChI is InChI=1S/C29H26F4O2/c1-2-3-4-20-10-9-19(15-34-20)23-12-11-21(26(30)28(23)32)17-5-7-18(8-6-17)22-13-14-24(25-16-35-25)29(33)27(22)31/h2,5-8,11-14,19-20,25H,1,3-4,9-10,15-16H2. The second-order valence-electron chi connectivity index (χ2n) is 9.16. The Morgan fingerprint density at radius 2 is 1.29 bits per heavy atom. The number of benzene rings is 3. The zero-order chi connectivity index (χ0) is 24.5. The lowest BCUT2D eigenvalue weighted by Crippen LogP contribution is -2.25. The first-order valence-corrected chi connectivity index (χ1v) is 11.9. The van der Waals surface area contributed by atoms with E-state index in [9.17, 15) is 8.78 Å². The minimum absolute atomic E-state index is 0.101. The van der Waals surface area contributed by atoms with E-state index in [1.807, 2.05) is 6.08 Å². The van der Waals surface area contributed by atoms with Gasteiger partial charge in [-0.25, -0.2) is 17.6 Å². The fourth-order valence-electron chi connectivity index (χ4n) is 4.78. The van der Waals surface area contributed by atoms with Gasteiger partial charge in [0.15, 0.2) is 23.3 Å². The molecule has 0 N–H and O–H groups in total. The number of hydrogen-bond acceptors (Lipinski definition) is 2. The van der Waals surface area contributed by atoms with E-state index in [1.165, 1.54) is 12.1 Å². The highest BCUT2D eigenvalue weighted by Crippen LogP contribution is 2.37. The van der Waals surface area contributed by atoms with E-state index in [-0.39, 0.29) is 34.8 Å². The van der Waals surface area contributed by atoms with Crippen LogP contribution in [0.25, 0.3) is 22.3 Å². The van der Waals surface area contributed by atoms with Crippen LogP contribution < -0.4 is 0 Å². The van der Waals surface area contributed by atoms with Crippen molar-refractivity contribution < 1.29 is 27.0 Å². The molecule has 6 heteroatoms. The Morgan fingerprint density at radius 3 is 1.80 bits per heavy atom. The molecule has 2 aliphatic heterocycles. The Hall–Kier alpha value is -2.96. The summed E-state index contributed by atoms with van der Waals surface area (Å²) in [5.74, 6) is -3.85. The molecule has 0 bridgehead atoms. The zero-order valence-corrected chi connectivity index (χ0v) is 19.2. The van der Waals surface area contributed by atoms with Crippen molar-refractivity contribution >= 4 is 0 Å².